The largest absolute Gasteiger partial charge is 0.493 e. The molecule has 118 valence electrons. The zero-order valence-electron chi connectivity index (χ0n) is 12.3. The number of rotatable bonds is 4. The molecule has 1 aliphatic heterocycles. The smallest absolute Gasteiger partial charge is 0.363 e. The van der Waals surface area contributed by atoms with Gasteiger partial charge in [-0.15, -0.1) is 0 Å². The number of methoxy groups -OCH3 is 2. The molecule has 1 aliphatic rings. The zero-order valence-corrected chi connectivity index (χ0v) is 13.9. The van der Waals surface area contributed by atoms with Crippen LogP contribution in [-0.4, -0.2) is 26.1 Å². The lowest BCUT2D eigenvalue weighted by molar-refractivity contribution is -0.130. The topological polar surface area (TPSA) is 70.3 Å². The molecule has 0 saturated carbocycles. The van der Waals surface area contributed by atoms with Crippen LogP contribution in [0.5, 0.6) is 11.5 Å². The van der Waals surface area contributed by atoms with Gasteiger partial charge >= 0.3 is 5.97 Å². The molecule has 2 heterocycles. The predicted molar refractivity (Wildman–Crippen MR) is 86.6 cm³/mol. The summed E-state index contributed by atoms with van der Waals surface area (Å²) in [6.45, 7) is 0. The number of nitrogens with zero attached hydrogens (tertiary/aromatic N) is 1. The van der Waals surface area contributed by atoms with E-state index in [0.717, 1.165) is 5.56 Å². The van der Waals surface area contributed by atoms with Crippen LogP contribution >= 0.6 is 15.9 Å². The van der Waals surface area contributed by atoms with Gasteiger partial charge in [-0.3, -0.25) is 0 Å². The Morgan fingerprint density at radius 1 is 1.13 bits per heavy atom. The maximum absolute atomic E-state index is 11.9. The number of carbonyl (C=O) groups is 1. The zero-order chi connectivity index (χ0) is 16.4. The molecule has 2 aromatic rings. The molecule has 1 aromatic heterocycles. The first-order chi connectivity index (χ1) is 11.1. The molecule has 7 heteroatoms. The van der Waals surface area contributed by atoms with E-state index in [4.69, 9.17) is 18.6 Å². The van der Waals surface area contributed by atoms with Crippen molar-refractivity contribution >= 4 is 33.9 Å². The van der Waals surface area contributed by atoms with Crippen LogP contribution in [0.1, 0.15) is 11.3 Å². The van der Waals surface area contributed by atoms with E-state index in [2.05, 4.69) is 20.9 Å². The highest BCUT2D eigenvalue weighted by Gasteiger charge is 2.26. The molecule has 0 N–H and O–H groups in total. The molecule has 0 fully saturated rings. The second-order valence-electron chi connectivity index (χ2n) is 4.55. The summed E-state index contributed by atoms with van der Waals surface area (Å²) < 4.78 is 21.4. The van der Waals surface area contributed by atoms with Gasteiger partial charge in [-0.1, -0.05) is 6.07 Å². The van der Waals surface area contributed by atoms with E-state index in [9.17, 15) is 4.79 Å². The van der Waals surface area contributed by atoms with Crippen molar-refractivity contribution in [3.8, 4) is 11.5 Å². The van der Waals surface area contributed by atoms with Crippen molar-refractivity contribution in [1.29, 1.82) is 0 Å². The van der Waals surface area contributed by atoms with Gasteiger partial charge in [-0.2, -0.15) is 0 Å². The number of aliphatic imine (C=N–C) groups is 1. The van der Waals surface area contributed by atoms with Gasteiger partial charge in [0.25, 0.3) is 5.90 Å². The van der Waals surface area contributed by atoms with Crippen LogP contribution in [0.4, 0.5) is 0 Å². The number of esters is 1. The van der Waals surface area contributed by atoms with Crippen molar-refractivity contribution in [1.82, 2.24) is 0 Å². The lowest BCUT2D eigenvalue weighted by atomic mass is 10.1. The second kappa shape index (κ2) is 6.29. The van der Waals surface area contributed by atoms with Crippen LogP contribution in [0.2, 0.25) is 0 Å². The van der Waals surface area contributed by atoms with Gasteiger partial charge < -0.3 is 18.6 Å². The number of carbonyl (C=O) groups excluding carboxylic acids is 1. The molecule has 0 aliphatic carbocycles. The highest BCUT2D eigenvalue weighted by molar-refractivity contribution is 9.10. The first-order valence-electron chi connectivity index (χ1n) is 6.61. The summed E-state index contributed by atoms with van der Waals surface area (Å²) >= 11 is 3.19. The standard InChI is InChI=1S/C16H12BrNO5/c1-20-11-4-3-9(8-13(11)21-2)7-10-16(19)23-15(18-10)12-5-6-14(17)22-12/h3-8H,1-2H3/b10-7+. The molecule has 0 saturated heterocycles. The third-order valence-electron chi connectivity index (χ3n) is 3.12. The minimum atomic E-state index is -0.540. The van der Waals surface area contributed by atoms with Crippen molar-refractivity contribution in [3.05, 3.63) is 52.0 Å². The molecule has 0 spiro atoms. The van der Waals surface area contributed by atoms with Gasteiger partial charge in [0.05, 0.1) is 14.2 Å². The highest BCUT2D eigenvalue weighted by Crippen LogP contribution is 2.29. The van der Waals surface area contributed by atoms with E-state index in [1.165, 1.54) is 0 Å². The Labute approximate surface area is 140 Å². The average molecular weight is 378 g/mol. The van der Waals surface area contributed by atoms with Gasteiger partial charge in [0, 0.05) is 0 Å². The number of hydrogen-bond donors (Lipinski definition) is 0. The van der Waals surface area contributed by atoms with Crippen molar-refractivity contribution in [2.45, 2.75) is 0 Å². The van der Waals surface area contributed by atoms with Crippen molar-refractivity contribution in [2.24, 2.45) is 4.99 Å². The van der Waals surface area contributed by atoms with Crippen LogP contribution in [-0.2, 0) is 9.53 Å². The summed E-state index contributed by atoms with van der Waals surface area (Å²) in [5.74, 6) is 1.14. The summed E-state index contributed by atoms with van der Waals surface area (Å²) in [7, 11) is 3.10. The molecule has 0 radical (unpaired) electrons. The first kappa shape index (κ1) is 15.4. The quantitative estimate of drug-likeness (QED) is 0.603. The fraction of sp³-hybridized carbons (Fsp3) is 0.125. The second-order valence-corrected chi connectivity index (χ2v) is 5.34. The number of hydrogen-bond acceptors (Lipinski definition) is 6. The minimum absolute atomic E-state index is 0.132. The fourth-order valence-electron chi connectivity index (χ4n) is 2.04. The summed E-state index contributed by atoms with van der Waals surface area (Å²) in [6.07, 6.45) is 1.61. The van der Waals surface area contributed by atoms with Gasteiger partial charge in [-0.25, -0.2) is 9.79 Å². The lowest BCUT2D eigenvalue weighted by Crippen LogP contribution is -2.04. The molecule has 0 atom stereocenters. The SMILES string of the molecule is COc1ccc(/C=C2/N=C(c3ccc(Br)o3)OC2=O)cc1OC. The number of furan rings is 1. The Hall–Kier alpha value is -2.54. The third kappa shape index (κ3) is 3.14. The predicted octanol–water partition coefficient (Wildman–Crippen LogP) is 3.40. The monoisotopic (exact) mass is 377 g/mol. The summed E-state index contributed by atoms with van der Waals surface area (Å²) in [5, 5.41) is 0. The highest BCUT2D eigenvalue weighted by atomic mass is 79.9. The molecule has 3 rings (SSSR count). The molecule has 6 nitrogen and oxygen atoms in total. The van der Waals surface area contributed by atoms with Gasteiger partial charge in [0.1, 0.15) is 0 Å². The van der Waals surface area contributed by atoms with Crippen LogP contribution in [0.3, 0.4) is 0 Å². The Kier molecular flexibility index (Phi) is 4.20. The maximum Gasteiger partial charge on any atom is 0.363 e. The molecule has 0 amide bonds. The lowest BCUT2D eigenvalue weighted by Gasteiger charge is -2.07. The number of ether oxygens (including phenoxy) is 3. The molecule has 1 aromatic carbocycles. The Morgan fingerprint density at radius 3 is 2.57 bits per heavy atom. The normalized spacial score (nSPS) is 15.5. The molecule has 0 bridgehead atoms. The van der Waals surface area contributed by atoms with Gasteiger partial charge in [0.15, 0.2) is 27.6 Å². The van der Waals surface area contributed by atoms with E-state index in [1.54, 1.807) is 50.6 Å². The van der Waals surface area contributed by atoms with E-state index < -0.39 is 5.97 Å². The van der Waals surface area contributed by atoms with Crippen LogP contribution in [0, 0.1) is 0 Å². The van der Waals surface area contributed by atoms with Crippen LogP contribution < -0.4 is 9.47 Å². The summed E-state index contributed by atoms with van der Waals surface area (Å²) in [5.41, 5.74) is 0.917. The Balaban J connectivity index is 1.93. The van der Waals surface area contributed by atoms with Gasteiger partial charge in [-0.05, 0) is 51.8 Å². The van der Waals surface area contributed by atoms with Crippen molar-refractivity contribution < 1.29 is 23.4 Å². The van der Waals surface area contributed by atoms with Crippen molar-refractivity contribution in [2.75, 3.05) is 14.2 Å². The van der Waals surface area contributed by atoms with E-state index >= 15 is 0 Å². The minimum Gasteiger partial charge on any atom is -0.493 e. The molecular formula is C16H12BrNO5. The maximum atomic E-state index is 11.9. The van der Waals surface area contributed by atoms with E-state index in [0.29, 0.717) is 21.9 Å². The number of benzene rings is 1. The molecule has 23 heavy (non-hydrogen) atoms. The van der Waals surface area contributed by atoms with Crippen LogP contribution in [0.15, 0.2) is 50.1 Å². The Morgan fingerprint density at radius 2 is 1.91 bits per heavy atom. The molecular weight excluding hydrogens is 366 g/mol. The molecule has 0 unspecified atom stereocenters. The number of halogens is 1. The average Bonchev–Trinajstić information content (AvgIpc) is 3.13. The van der Waals surface area contributed by atoms with Crippen LogP contribution in [0.25, 0.3) is 6.08 Å². The fourth-order valence-corrected chi connectivity index (χ4v) is 2.35. The van der Waals surface area contributed by atoms with Crippen molar-refractivity contribution in [3.63, 3.8) is 0 Å². The van der Waals surface area contributed by atoms with E-state index in [-0.39, 0.29) is 11.6 Å². The summed E-state index contributed by atoms with van der Waals surface area (Å²) in [6, 6.07) is 8.64. The van der Waals surface area contributed by atoms with Gasteiger partial charge in [0.2, 0.25) is 0 Å². The Bertz CT molecular complexity index is 822. The van der Waals surface area contributed by atoms with E-state index in [1.807, 2.05) is 0 Å². The first-order valence-corrected chi connectivity index (χ1v) is 7.40. The summed E-state index contributed by atoms with van der Waals surface area (Å²) in [4.78, 5) is 16.1. The third-order valence-corrected chi connectivity index (χ3v) is 3.54. The number of cyclic esters (lactones) is 1.